The van der Waals surface area contributed by atoms with E-state index in [2.05, 4.69) is 44.3 Å². The summed E-state index contributed by atoms with van der Waals surface area (Å²) < 4.78 is 17.4. The van der Waals surface area contributed by atoms with Crippen LogP contribution in [0.3, 0.4) is 0 Å². The van der Waals surface area contributed by atoms with Crippen molar-refractivity contribution in [2.45, 2.75) is 217 Å². The number of carbonyl (C=O) groups excluding carboxylic acids is 2. The van der Waals surface area contributed by atoms with Gasteiger partial charge < -0.3 is 45.1 Å². The molecule has 8 unspecified atom stereocenters. The lowest BCUT2D eigenvalue weighted by atomic mass is 9.99. The van der Waals surface area contributed by atoms with E-state index < -0.39 is 67.4 Å². The van der Waals surface area contributed by atoms with Crippen molar-refractivity contribution in [2.75, 3.05) is 13.2 Å². The third-order valence-electron chi connectivity index (χ3n) is 11.4. The average molecular weight is 938 g/mol. The van der Waals surface area contributed by atoms with Crippen LogP contribution in [0, 0.1) is 0 Å². The van der Waals surface area contributed by atoms with Crippen molar-refractivity contribution in [1.29, 1.82) is 0 Å². The molecule has 11 nitrogen and oxygen atoms in total. The zero-order valence-corrected chi connectivity index (χ0v) is 41.5. The van der Waals surface area contributed by atoms with E-state index >= 15 is 0 Å². The van der Waals surface area contributed by atoms with Gasteiger partial charge in [0.25, 0.3) is 0 Å². The first-order valence-electron chi connectivity index (χ1n) is 25.8. The van der Waals surface area contributed by atoms with Crippen LogP contribution < -0.4 is 5.32 Å². The zero-order valence-electron chi connectivity index (χ0n) is 41.5. The molecule has 1 rings (SSSR count). The summed E-state index contributed by atoms with van der Waals surface area (Å²) in [6.07, 6.45) is 47.2. The van der Waals surface area contributed by atoms with Crippen LogP contribution in [0.4, 0.5) is 0 Å². The number of unbranched alkanes of at least 4 members (excludes halogenated alkanes) is 16. The Kier molecular flexibility index (Phi) is 39.9. The number of hydrogen-bond donors (Lipinski definition) is 6. The molecular weight excluding hydrogens is 847 g/mol. The number of aliphatic hydroxyl groups is 5. The van der Waals surface area contributed by atoms with E-state index in [1.54, 1.807) is 6.08 Å². The van der Waals surface area contributed by atoms with Crippen molar-refractivity contribution in [3.05, 3.63) is 109 Å². The fourth-order valence-electron chi connectivity index (χ4n) is 7.26. The number of carbonyl (C=O) groups is 2. The van der Waals surface area contributed by atoms with Crippen molar-refractivity contribution in [1.82, 2.24) is 5.32 Å². The molecule has 6 N–H and O–H groups in total. The molecule has 0 saturated carbocycles. The van der Waals surface area contributed by atoms with E-state index in [0.717, 1.165) is 83.5 Å². The summed E-state index contributed by atoms with van der Waals surface area (Å²) in [5, 5.41) is 56.5. The average Bonchev–Trinajstić information content (AvgIpc) is 3.32. The van der Waals surface area contributed by atoms with Crippen molar-refractivity contribution < 1.29 is 49.3 Å². The SMILES string of the molecule is CC/C=C/C=C/C=C\C=C/C=C/CCCCC(O)C(=O)NC(COC1OC(CO)C(O)C(O)C1OC(=O)CCCCCCC\C=C/C=C/C=C/CC)C(O)/C=C/CCCCCCCCCCC. The van der Waals surface area contributed by atoms with Gasteiger partial charge in [-0.05, 0) is 64.2 Å². The molecule has 0 aliphatic carbocycles. The van der Waals surface area contributed by atoms with Gasteiger partial charge in [-0.25, -0.2) is 0 Å². The molecule has 1 amide bonds. The fourth-order valence-corrected chi connectivity index (χ4v) is 7.26. The maximum absolute atomic E-state index is 13.3. The molecule has 0 radical (unpaired) electrons. The number of aliphatic hydroxyl groups excluding tert-OH is 5. The highest BCUT2D eigenvalue weighted by molar-refractivity contribution is 5.80. The zero-order chi connectivity index (χ0) is 49.0. The number of hydrogen-bond acceptors (Lipinski definition) is 10. The van der Waals surface area contributed by atoms with Crippen LogP contribution in [0.15, 0.2) is 109 Å². The summed E-state index contributed by atoms with van der Waals surface area (Å²) in [6, 6.07) is -1.06. The first-order chi connectivity index (χ1) is 32.7. The third-order valence-corrected chi connectivity index (χ3v) is 11.4. The summed E-state index contributed by atoms with van der Waals surface area (Å²) in [5.74, 6) is -1.27. The van der Waals surface area contributed by atoms with E-state index in [0.29, 0.717) is 12.8 Å². The van der Waals surface area contributed by atoms with Gasteiger partial charge in [0.05, 0.1) is 25.4 Å². The fraction of sp³-hybridized carbons (Fsp3) is 0.643. The normalized spacial score (nSPS) is 21.0. The minimum absolute atomic E-state index is 0.0883. The number of rotatable bonds is 40. The minimum atomic E-state index is -1.63. The summed E-state index contributed by atoms with van der Waals surface area (Å²) >= 11 is 0. The number of esters is 1. The van der Waals surface area contributed by atoms with Gasteiger partial charge in [0, 0.05) is 6.42 Å². The summed E-state index contributed by atoms with van der Waals surface area (Å²) in [5.41, 5.74) is 0. The second-order valence-corrected chi connectivity index (χ2v) is 17.3. The predicted molar refractivity (Wildman–Crippen MR) is 273 cm³/mol. The third kappa shape index (κ3) is 32.7. The van der Waals surface area contributed by atoms with Crippen molar-refractivity contribution in [2.24, 2.45) is 0 Å². The summed E-state index contributed by atoms with van der Waals surface area (Å²) in [7, 11) is 0. The lowest BCUT2D eigenvalue weighted by molar-refractivity contribution is -0.305. The summed E-state index contributed by atoms with van der Waals surface area (Å²) in [6.45, 7) is 5.41. The van der Waals surface area contributed by atoms with Crippen molar-refractivity contribution in [3.8, 4) is 0 Å². The second kappa shape index (κ2) is 43.6. The van der Waals surface area contributed by atoms with E-state index in [1.165, 1.54) is 38.5 Å². The molecule has 67 heavy (non-hydrogen) atoms. The van der Waals surface area contributed by atoms with E-state index in [9.17, 15) is 35.1 Å². The van der Waals surface area contributed by atoms with Crippen LogP contribution in [0.1, 0.15) is 168 Å². The van der Waals surface area contributed by atoms with Crippen molar-refractivity contribution in [3.63, 3.8) is 0 Å². The molecule has 0 aromatic heterocycles. The molecule has 11 heteroatoms. The number of nitrogens with one attached hydrogen (secondary N) is 1. The molecule has 0 spiro atoms. The Morgan fingerprint density at radius 1 is 0.597 bits per heavy atom. The minimum Gasteiger partial charge on any atom is -0.454 e. The van der Waals surface area contributed by atoms with Crippen LogP contribution in [0.25, 0.3) is 0 Å². The molecule has 380 valence electrons. The number of amides is 1. The Bertz CT molecular complexity index is 1500. The highest BCUT2D eigenvalue weighted by atomic mass is 16.7. The molecule has 1 aliphatic heterocycles. The first kappa shape index (κ1) is 61.3. The topological polar surface area (TPSA) is 175 Å². The largest absolute Gasteiger partial charge is 0.454 e. The van der Waals surface area contributed by atoms with Crippen LogP contribution in [0.5, 0.6) is 0 Å². The smallest absolute Gasteiger partial charge is 0.306 e. The molecular formula is C56H91NO10. The van der Waals surface area contributed by atoms with E-state index in [4.69, 9.17) is 14.2 Å². The highest BCUT2D eigenvalue weighted by Gasteiger charge is 2.47. The quantitative estimate of drug-likeness (QED) is 0.0150. The van der Waals surface area contributed by atoms with Gasteiger partial charge >= 0.3 is 5.97 Å². The van der Waals surface area contributed by atoms with Gasteiger partial charge in [-0.2, -0.15) is 0 Å². The highest BCUT2D eigenvalue weighted by Crippen LogP contribution is 2.26. The van der Waals surface area contributed by atoms with Crippen LogP contribution in [-0.4, -0.2) is 99.6 Å². The van der Waals surface area contributed by atoms with Crippen LogP contribution >= 0.6 is 0 Å². The summed E-state index contributed by atoms with van der Waals surface area (Å²) in [4.78, 5) is 26.3. The Morgan fingerprint density at radius 2 is 1.07 bits per heavy atom. The molecule has 0 aromatic carbocycles. The van der Waals surface area contributed by atoms with Gasteiger partial charge in [-0.1, -0.05) is 207 Å². The van der Waals surface area contributed by atoms with Gasteiger partial charge in [-0.3, -0.25) is 9.59 Å². The molecule has 1 aliphatic rings. The van der Waals surface area contributed by atoms with E-state index in [1.807, 2.05) is 85.1 Å². The van der Waals surface area contributed by atoms with Crippen LogP contribution in [-0.2, 0) is 23.8 Å². The molecule has 8 atom stereocenters. The Balaban J connectivity index is 2.84. The number of ether oxygens (including phenoxy) is 3. The second-order valence-electron chi connectivity index (χ2n) is 17.3. The van der Waals surface area contributed by atoms with Gasteiger partial charge in [-0.15, -0.1) is 0 Å². The van der Waals surface area contributed by atoms with Gasteiger partial charge in [0.15, 0.2) is 12.4 Å². The van der Waals surface area contributed by atoms with Gasteiger partial charge in [0.2, 0.25) is 5.91 Å². The van der Waals surface area contributed by atoms with Crippen LogP contribution in [0.2, 0.25) is 0 Å². The Morgan fingerprint density at radius 3 is 1.61 bits per heavy atom. The van der Waals surface area contributed by atoms with Crippen molar-refractivity contribution >= 4 is 11.9 Å². The molecule has 1 saturated heterocycles. The standard InChI is InChI=1S/C56H91NO10/c1-4-7-10-13-16-19-22-24-26-28-31-34-37-40-43-49(60)55(64)57-47(48(59)42-39-36-33-30-27-21-18-15-12-9-6-3)46-65-56-54(53(63)52(62)50(45-58)66-56)67-51(61)44-41-38-35-32-29-25-23-20-17-14-11-8-5-2/h7-8,10-11,13-14,16-17,19-20,22-24,26,28,31,39,42,47-50,52-54,56,58-60,62-63H,4-6,9,12,15,18,21,25,27,29-30,32-38,40-41,43-46H2,1-3H3,(H,57,64)/b10-7+,11-8+,16-13+,17-14+,22-19-,23-20-,26-24-,31-28+,42-39+. The maximum atomic E-state index is 13.3. The lowest BCUT2D eigenvalue weighted by Crippen LogP contribution is -2.61. The predicted octanol–water partition coefficient (Wildman–Crippen LogP) is 10.6. The Labute approximate surface area is 405 Å². The monoisotopic (exact) mass is 938 g/mol. The first-order valence-corrected chi connectivity index (χ1v) is 25.8. The maximum Gasteiger partial charge on any atom is 0.306 e. The van der Waals surface area contributed by atoms with E-state index in [-0.39, 0.29) is 19.4 Å². The Hall–Kier alpha value is -3.68. The molecule has 0 bridgehead atoms. The number of allylic oxidation sites excluding steroid dienone is 17. The molecule has 1 fully saturated rings. The van der Waals surface area contributed by atoms with Gasteiger partial charge in [0.1, 0.15) is 24.4 Å². The molecule has 0 aromatic rings. The lowest BCUT2D eigenvalue weighted by Gasteiger charge is -2.41. The molecule has 1 heterocycles.